The second-order valence-electron chi connectivity index (χ2n) is 9.48. The highest BCUT2D eigenvalue weighted by Crippen LogP contribution is 2.38. The summed E-state index contributed by atoms with van der Waals surface area (Å²) in [6.45, 7) is 3.94. The van der Waals surface area contributed by atoms with Gasteiger partial charge in [-0.05, 0) is 78.8 Å². The van der Waals surface area contributed by atoms with Crippen LogP contribution in [-0.2, 0) is 22.7 Å². The number of amides is 3. The average molecular weight is 547 g/mol. The molecule has 1 aromatic heterocycles. The molecule has 3 aliphatic rings. The molecule has 0 aliphatic carbocycles. The normalized spacial score (nSPS) is 21.4. The summed E-state index contributed by atoms with van der Waals surface area (Å²) < 4.78 is 31.7. The maximum atomic E-state index is 15.6. The van der Waals surface area contributed by atoms with Crippen molar-refractivity contribution in [2.75, 3.05) is 13.1 Å². The minimum absolute atomic E-state index is 0.0271. The van der Waals surface area contributed by atoms with Crippen LogP contribution in [0.3, 0.4) is 0 Å². The minimum Gasteiger partial charge on any atom is -0.322 e. The predicted octanol–water partition coefficient (Wildman–Crippen LogP) is 3.57. The summed E-state index contributed by atoms with van der Waals surface area (Å²) in [6, 6.07) is 2.27. The number of piperidine rings is 2. The molecule has 1 N–H and O–H groups in total. The van der Waals surface area contributed by atoms with E-state index in [1.807, 2.05) is 13.0 Å². The molecule has 4 heterocycles. The molecule has 0 radical (unpaired) electrons. The zero-order valence-corrected chi connectivity index (χ0v) is 20.8. The van der Waals surface area contributed by atoms with E-state index in [1.54, 1.807) is 6.20 Å². The first-order valence-electron chi connectivity index (χ1n) is 11.7. The first-order chi connectivity index (χ1) is 16.7. The quantitative estimate of drug-likeness (QED) is 0.593. The Bertz CT molecular complexity index is 1230. The van der Waals surface area contributed by atoms with Gasteiger partial charge in [-0.25, -0.2) is 8.78 Å². The van der Waals surface area contributed by atoms with Crippen LogP contribution in [0.1, 0.15) is 64.3 Å². The van der Waals surface area contributed by atoms with Gasteiger partial charge in [-0.1, -0.05) is 0 Å². The summed E-state index contributed by atoms with van der Waals surface area (Å²) in [5, 5.41) is 2.22. The summed E-state index contributed by atoms with van der Waals surface area (Å²) in [5.74, 6) is -3.25. The molecule has 7 nitrogen and oxygen atoms in total. The lowest BCUT2D eigenvalue weighted by Crippen LogP contribution is -2.52. The molecule has 0 bridgehead atoms. The van der Waals surface area contributed by atoms with Crippen LogP contribution in [0.5, 0.6) is 0 Å². The fourth-order valence-corrected chi connectivity index (χ4v) is 5.80. The zero-order valence-electron chi connectivity index (χ0n) is 19.2. The third-order valence-corrected chi connectivity index (χ3v) is 7.72. The third-order valence-electron chi connectivity index (χ3n) is 7.28. The number of nitrogens with zero attached hydrogens (tertiary/aromatic N) is 3. The van der Waals surface area contributed by atoms with E-state index >= 15 is 8.78 Å². The Morgan fingerprint density at radius 2 is 1.89 bits per heavy atom. The number of hydrogen-bond donors (Lipinski definition) is 1. The van der Waals surface area contributed by atoms with Gasteiger partial charge in [0, 0.05) is 34.8 Å². The van der Waals surface area contributed by atoms with Gasteiger partial charge in [0.1, 0.15) is 17.7 Å². The van der Waals surface area contributed by atoms with Crippen molar-refractivity contribution in [1.29, 1.82) is 0 Å². The molecule has 3 aliphatic heterocycles. The number of carbonyl (C=O) groups is 3. The Balaban J connectivity index is 1.31. The zero-order chi connectivity index (χ0) is 24.9. The molecule has 2 fully saturated rings. The number of imide groups is 1. The third kappa shape index (κ3) is 4.49. The smallest absolute Gasteiger partial charge is 0.255 e. The molecule has 0 saturated carbocycles. The van der Waals surface area contributed by atoms with Gasteiger partial charge in [-0.3, -0.25) is 29.6 Å². The van der Waals surface area contributed by atoms with E-state index < -0.39 is 35.4 Å². The van der Waals surface area contributed by atoms with Gasteiger partial charge in [-0.15, -0.1) is 0 Å². The first kappa shape index (κ1) is 24.0. The van der Waals surface area contributed by atoms with E-state index in [9.17, 15) is 14.4 Å². The summed E-state index contributed by atoms with van der Waals surface area (Å²) >= 11 is 3.42. The van der Waals surface area contributed by atoms with Gasteiger partial charge in [0.15, 0.2) is 0 Å². The van der Waals surface area contributed by atoms with Crippen LogP contribution >= 0.6 is 15.9 Å². The summed E-state index contributed by atoms with van der Waals surface area (Å²) in [4.78, 5) is 44.6. The van der Waals surface area contributed by atoms with Gasteiger partial charge < -0.3 is 4.90 Å². The van der Waals surface area contributed by atoms with Crippen molar-refractivity contribution in [3.05, 3.63) is 62.4 Å². The molecule has 2 aromatic rings. The number of likely N-dealkylation sites (tertiary alicyclic amines) is 1. The fourth-order valence-electron chi connectivity index (χ4n) is 5.35. The Hall–Kier alpha value is -2.72. The van der Waals surface area contributed by atoms with Crippen molar-refractivity contribution in [3.8, 4) is 0 Å². The number of halogens is 3. The molecule has 0 spiro atoms. The summed E-state index contributed by atoms with van der Waals surface area (Å²) in [5.41, 5.74) is 2.19. The molecule has 1 unspecified atom stereocenters. The van der Waals surface area contributed by atoms with Gasteiger partial charge in [0.2, 0.25) is 11.8 Å². The SMILES string of the molecule is Cc1cc(Br)cnc1CN1CCC(c2c(F)cc3c(c2F)CN(C2CCC(=O)NC2=O)C3=O)CC1. The summed E-state index contributed by atoms with van der Waals surface area (Å²) in [6.07, 6.45) is 3.22. The fraction of sp³-hybridized carbons (Fsp3) is 0.440. The van der Waals surface area contributed by atoms with Crippen molar-refractivity contribution in [2.24, 2.45) is 0 Å². The Kier molecular flexibility index (Phi) is 6.43. The van der Waals surface area contributed by atoms with Crippen molar-refractivity contribution < 1.29 is 23.2 Å². The van der Waals surface area contributed by atoms with E-state index in [2.05, 4.69) is 31.1 Å². The highest BCUT2D eigenvalue weighted by atomic mass is 79.9. The van der Waals surface area contributed by atoms with Gasteiger partial charge in [0.25, 0.3) is 5.91 Å². The molecule has 2 saturated heterocycles. The van der Waals surface area contributed by atoms with Gasteiger partial charge in [0.05, 0.1) is 17.8 Å². The number of fused-ring (bicyclic) bond motifs is 1. The molecular weight excluding hydrogens is 522 g/mol. The van der Waals surface area contributed by atoms with Crippen LogP contribution in [0, 0.1) is 18.6 Å². The second-order valence-corrected chi connectivity index (χ2v) is 10.4. The second kappa shape index (κ2) is 9.39. The molecule has 1 aromatic carbocycles. The van der Waals surface area contributed by atoms with Crippen LogP contribution in [0.4, 0.5) is 8.78 Å². The number of rotatable bonds is 4. The van der Waals surface area contributed by atoms with Crippen LogP contribution in [0.25, 0.3) is 0 Å². The molecule has 184 valence electrons. The Morgan fingerprint density at radius 1 is 1.14 bits per heavy atom. The lowest BCUT2D eigenvalue weighted by molar-refractivity contribution is -0.136. The van der Waals surface area contributed by atoms with Crippen molar-refractivity contribution in [3.63, 3.8) is 0 Å². The van der Waals surface area contributed by atoms with Gasteiger partial charge in [-0.2, -0.15) is 0 Å². The van der Waals surface area contributed by atoms with Crippen molar-refractivity contribution >= 4 is 33.7 Å². The molecule has 10 heteroatoms. The van der Waals surface area contributed by atoms with Crippen LogP contribution in [-0.4, -0.2) is 51.6 Å². The maximum absolute atomic E-state index is 15.6. The average Bonchev–Trinajstić information content (AvgIpc) is 3.13. The molecule has 3 amide bonds. The lowest BCUT2D eigenvalue weighted by Gasteiger charge is -2.32. The number of carbonyl (C=O) groups excluding carboxylic acids is 3. The number of nitrogens with one attached hydrogen (secondary N) is 1. The van der Waals surface area contributed by atoms with E-state index in [0.29, 0.717) is 32.5 Å². The van der Waals surface area contributed by atoms with Gasteiger partial charge >= 0.3 is 0 Å². The highest BCUT2D eigenvalue weighted by molar-refractivity contribution is 9.10. The van der Waals surface area contributed by atoms with E-state index in [1.165, 1.54) is 4.90 Å². The topological polar surface area (TPSA) is 82.6 Å². The lowest BCUT2D eigenvalue weighted by atomic mass is 9.86. The minimum atomic E-state index is -0.863. The molecule has 1 atom stereocenters. The van der Waals surface area contributed by atoms with E-state index in [4.69, 9.17) is 0 Å². The number of pyridine rings is 1. The number of benzene rings is 1. The highest BCUT2D eigenvalue weighted by Gasteiger charge is 2.42. The maximum Gasteiger partial charge on any atom is 0.255 e. The molecule has 5 rings (SSSR count). The number of aryl methyl sites for hydroxylation is 1. The Labute approximate surface area is 210 Å². The number of aromatic nitrogens is 1. The standard InChI is InChI=1S/C25H25BrF2N4O3/c1-13-8-15(26)10-29-19(13)12-31-6-4-14(5-7-31)22-18(27)9-16-17(23(22)28)11-32(25(16)35)20-2-3-21(33)30-24(20)34/h8-10,14,20H,2-7,11-12H2,1H3,(H,30,33,34). The van der Waals surface area contributed by atoms with Crippen LogP contribution < -0.4 is 5.32 Å². The van der Waals surface area contributed by atoms with Crippen LogP contribution in [0.2, 0.25) is 0 Å². The van der Waals surface area contributed by atoms with Crippen molar-refractivity contribution in [2.45, 2.75) is 57.7 Å². The predicted molar refractivity (Wildman–Crippen MR) is 126 cm³/mol. The van der Waals surface area contributed by atoms with Crippen LogP contribution in [0.15, 0.2) is 22.8 Å². The van der Waals surface area contributed by atoms with E-state index in [0.717, 1.165) is 21.8 Å². The Morgan fingerprint density at radius 3 is 2.57 bits per heavy atom. The van der Waals surface area contributed by atoms with E-state index in [-0.39, 0.29) is 42.0 Å². The number of hydrogen-bond acceptors (Lipinski definition) is 5. The summed E-state index contributed by atoms with van der Waals surface area (Å²) in [7, 11) is 0. The first-order valence-corrected chi connectivity index (χ1v) is 12.5. The van der Waals surface area contributed by atoms with Crippen molar-refractivity contribution in [1.82, 2.24) is 20.1 Å². The molecular formula is C25H25BrF2N4O3. The molecule has 35 heavy (non-hydrogen) atoms. The largest absolute Gasteiger partial charge is 0.322 e. The monoisotopic (exact) mass is 546 g/mol.